The average molecular weight is 307 g/mol. The predicted molar refractivity (Wildman–Crippen MR) is 72.4 cm³/mol. The highest BCUT2D eigenvalue weighted by Gasteiger charge is 2.13. The summed E-state index contributed by atoms with van der Waals surface area (Å²) in [5.41, 5.74) is 0.309. The molecule has 2 N–H and O–H groups in total. The number of methoxy groups -OCH3 is 2. The molecule has 3 amide bonds. The predicted octanol–water partition coefficient (Wildman–Crippen LogP) is 2.24. The third-order valence-electron chi connectivity index (χ3n) is 2.10. The normalized spacial score (nSPS) is 9.68. The number of alkyl halides is 1. The number of benzene rings is 1. The number of rotatable bonds is 4. The van der Waals surface area contributed by atoms with Crippen molar-refractivity contribution < 1.29 is 19.1 Å². The van der Waals surface area contributed by atoms with E-state index in [1.807, 2.05) is 5.32 Å². The maximum atomic E-state index is 11.5. The maximum Gasteiger partial charge on any atom is 0.326 e. The zero-order valence-corrected chi connectivity index (χ0v) is 11.8. The molecule has 0 spiro atoms. The fourth-order valence-corrected chi connectivity index (χ4v) is 1.57. The van der Waals surface area contributed by atoms with Gasteiger partial charge in [-0.25, -0.2) is 4.79 Å². The molecule has 1 aromatic carbocycles. The molecule has 8 heteroatoms. The van der Waals surface area contributed by atoms with Crippen LogP contribution in [0.25, 0.3) is 0 Å². The van der Waals surface area contributed by atoms with Crippen molar-refractivity contribution in [2.24, 2.45) is 0 Å². The van der Waals surface area contributed by atoms with Crippen LogP contribution in [-0.2, 0) is 4.79 Å². The van der Waals surface area contributed by atoms with E-state index in [-0.39, 0.29) is 5.88 Å². The molecule has 0 aliphatic carbocycles. The van der Waals surface area contributed by atoms with Crippen LogP contribution in [0.5, 0.6) is 11.5 Å². The van der Waals surface area contributed by atoms with Gasteiger partial charge in [0, 0.05) is 12.1 Å². The lowest BCUT2D eigenvalue weighted by Crippen LogP contribution is -2.35. The Morgan fingerprint density at radius 2 is 1.84 bits per heavy atom. The molecule has 0 saturated carbocycles. The zero-order valence-electron chi connectivity index (χ0n) is 10.3. The standard InChI is InChI=1S/C11H12Cl2N2O4/c1-18-8-4-7(9(19-2)3-6(8)13)14-11(17)15-10(16)5-12/h3-4H,5H2,1-2H3,(H2,14,15,16,17). The first-order valence-corrected chi connectivity index (χ1v) is 6.01. The Bertz CT molecular complexity index is 494. The van der Waals surface area contributed by atoms with Crippen molar-refractivity contribution in [1.82, 2.24) is 5.32 Å². The maximum absolute atomic E-state index is 11.5. The van der Waals surface area contributed by atoms with Crippen LogP contribution < -0.4 is 20.1 Å². The first-order chi connectivity index (χ1) is 9.01. The Hall–Kier alpha value is -1.66. The van der Waals surface area contributed by atoms with Crippen LogP contribution in [-0.4, -0.2) is 32.0 Å². The van der Waals surface area contributed by atoms with E-state index in [1.54, 1.807) is 0 Å². The van der Waals surface area contributed by atoms with Crippen LogP contribution in [0.4, 0.5) is 10.5 Å². The van der Waals surface area contributed by atoms with E-state index in [0.717, 1.165) is 0 Å². The third kappa shape index (κ3) is 4.18. The fourth-order valence-electron chi connectivity index (χ4n) is 1.27. The minimum absolute atomic E-state index is 0.309. The van der Waals surface area contributed by atoms with E-state index in [4.69, 9.17) is 32.7 Å². The molecule has 19 heavy (non-hydrogen) atoms. The summed E-state index contributed by atoms with van der Waals surface area (Å²) in [5, 5.41) is 4.80. The molecule has 0 radical (unpaired) electrons. The highest BCUT2D eigenvalue weighted by molar-refractivity contribution is 6.32. The third-order valence-corrected chi connectivity index (χ3v) is 2.63. The molecular formula is C11H12Cl2N2O4. The molecule has 0 heterocycles. The minimum atomic E-state index is -0.728. The molecule has 0 saturated heterocycles. The number of urea groups is 1. The lowest BCUT2D eigenvalue weighted by Gasteiger charge is -2.13. The molecule has 104 valence electrons. The van der Waals surface area contributed by atoms with Gasteiger partial charge in [-0.05, 0) is 0 Å². The largest absolute Gasteiger partial charge is 0.495 e. The highest BCUT2D eigenvalue weighted by Crippen LogP contribution is 2.35. The second kappa shape index (κ2) is 7.06. The minimum Gasteiger partial charge on any atom is -0.495 e. The lowest BCUT2D eigenvalue weighted by atomic mass is 10.2. The van der Waals surface area contributed by atoms with Crippen molar-refractivity contribution in [3.8, 4) is 11.5 Å². The summed E-state index contributed by atoms with van der Waals surface area (Å²) in [6, 6.07) is 2.24. The molecule has 6 nitrogen and oxygen atoms in total. The quantitative estimate of drug-likeness (QED) is 0.836. The Balaban J connectivity index is 2.93. The van der Waals surface area contributed by atoms with Crippen molar-refractivity contribution in [2.75, 3.05) is 25.4 Å². The SMILES string of the molecule is COc1cc(NC(=O)NC(=O)CCl)c(OC)cc1Cl. The van der Waals surface area contributed by atoms with Crippen LogP contribution in [0, 0.1) is 0 Å². The molecular weight excluding hydrogens is 295 g/mol. The highest BCUT2D eigenvalue weighted by atomic mass is 35.5. The van der Waals surface area contributed by atoms with Crippen molar-refractivity contribution in [3.63, 3.8) is 0 Å². The van der Waals surface area contributed by atoms with Crippen molar-refractivity contribution >= 4 is 40.8 Å². The van der Waals surface area contributed by atoms with Gasteiger partial charge in [0.2, 0.25) is 5.91 Å². The van der Waals surface area contributed by atoms with Crippen LogP contribution >= 0.6 is 23.2 Å². The number of carbonyl (C=O) groups is 2. The summed E-state index contributed by atoms with van der Waals surface area (Å²) in [6.45, 7) is 0. The Labute approximate surface area is 120 Å². The molecule has 0 aliphatic heterocycles. The van der Waals surface area contributed by atoms with E-state index in [2.05, 4.69) is 5.32 Å². The topological polar surface area (TPSA) is 76.7 Å². The van der Waals surface area contributed by atoms with E-state index in [9.17, 15) is 9.59 Å². The Morgan fingerprint density at radius 3 is 2.37 bits per heavy atom. The van der Waals surface area contributed by atoms with E-state index in [0.29, 0.717) is 22.2 Å². The van der Waals surface area contributed by atoms with Crippen LogP contribution in [0.15, 0.2) is 12.1 Å². The number of amides is 3. The Kier molecular flexibility index (Phi) is 5.72. The molecule has 0 aliphatic rings. The van der Waals surface area contributed by atoms with Gasteiger partial charge in [-0.2, -0.15) is 0 Å². The smallest absolute Gasteiger partial charge is 0.326 e. The van der Waals surface area contributed by atoms with Gasteiger partial charge in [0.15, 0.2) is 0 Å². The molecule has 0 atom stereocenters. The van der Waals surface area contributed by atoms with Crippen molar-refractivity contribution in [3.05, 3.63) is 17.2 Å². The van der Waals surface area contributed by atoms with Gasteiger partial charge in [-0.3, -0.25) is 10.1 Å². The lowest BCUT2D eigenvalue weighted by molar-refractivity contribution is -0.117. The van der Waals surface area contributed by atoms with Crippen LogP contribution in [0.2, 0.25) is 5.02 Å². The van der Waals surface area contributed by atoms with E-state index >= 15 is 0 Å². The number of ether oxygens (including phenoxy) is 2. The summed E-state index contributed by atoms with van der Waals surface area (Å²) < 4.78 is 10.1. The van der Waals surface area contributed by atoms with Gasteiger partial charge in [0.05, 0.1) is 24.9 Å². The van der Waals surface area contributed by atoms with E-state index < -0.39 is 11.9 Å². The molecule has 0 bridgehead atoms. The average Bonchev–Trinajstić information content (AvgIpc) is 2.39. The molecule has 1 rings (SSSR count). The summed E-state index contributed by atoms with van der Waals surface area (Å²) in [5.74, 6) is -0.228. The van der Waals surface area contributed by atoms with Gasteiger partial charge in [-0.1, -0.05) is 11.6 Å². The van der Waals surface area contributed by atoms with Gasteiger partial charge in [0.25, 0.3) is 0 Å². The molecule has 0 unspecified atom stereocenters. The number of hydrogen-bond donors (Lipinski definition) is 2. The van der Waals surface area contributed by atoms with Gasteiger partial charge in [0.1, 0.15) is 17.4 Å². The zero-order chi connectivity index (χ0) is 14.4. The summed E-state index contributed by atoms with van der Waals surface area (Å²) >= 11 is 11.2. The second-order valence-corrected chi connectivity index (χ2v) is 4.00. The number of anilines is 1. The van der Waals surface area contributed by atoms with Crippen LogP contribution in [0.3, 0.4) is 0 Å². The van der Waals surface area contributed by atoms with Gasteiger partial charge in [-0.15, -0.1) is 11.6 Å². The summed E-state index contributed by atoms with van der Waals surface area (Å²) in [4.78, 5) is 22.5. The van der Waals surface area contributed by atoms with Gasteiger partial charge < -0.3 is 14.8 Å². The van der Waals surface area contributed by atoms with Crippen molar-refractivity contribution in [2.45, 2.75) is 0 Å². The Morgan fingerprint density at radius 1 is 1.21 bits per heavy atom. The summed E-state index contributed by atoms with van der Waals surface area (Å²) in [6.07, 6.45) is 0. The second-order valence-electron chi connectivity index (χ2n) is 3.32. The van der Waals surface area contributed by atoms with Crippen LogP contribution in [0.1, 0.15) is 0 Å². The first-order valence-electron chi connectivity index (χ1n) is 5.10. The fraction of sp³-hybridized carbons (Fsp3) is 0.273. The summed E-state index contributed by atoms with van der Waals surface area (Å²) in [7, 11) is 2.86. The number of carbonyl (C=O) groups excluding carboxylic acids is 2. The van der Waals surface area contributed by atoms with Gasteiger partial charge >= 0.3 is 6.03 Å². The number of hydrogen-bond acceptors (Lipinski definition) is 4. The number of halogens is 2. The molecule has 1 aromatic rings. The van der Waals surface area contributed by atoms with E-state index in [1.165, 1.54) is 26.4 Å². The molecule has 0 fully saturated rings. The monoisotopic (exact) mass is 306 g/mol. The number of nitrogens with one attached hydrogen (secondary N) is 2. The van der Waals surface area contributed by atoms with Crippen molar-refractivity contribution in [1.29, 1.82) is 0 Å². The first kappa shape index (κ1) is 15.4. The number of imide groups is 1. The molecule has 0 aromatic heterocycles.